The molecule has 0 radical (unpaired) electrons. The van der Waals surface area contributed by atoms with Crippen molar-refractivity contribution in [2.45, 2.75) is 62.7 Å². The lowest BCUT2D eigenvalue weighted by Crippen LogP contribution is -2.47. The number of Topliss-reactive ketones (excluding diaryl/α,β-unsaturated/α-hetero) is 1. The number of methoxy groups -OCH3 is 1. The molecule has 1 amide bonds. The molecule has 1 aromatic heterocycles. The van der Waals surface area contributed by atoms with E-state index in [1.54, 1.807) is 24.1 Å². The van der Waals surface area contributed by atoms with Gasteiger partial charge in [0, 0.05) is 41.7 Å². The number of halogens is 4. The van der Waals surface area contributed by atoms with Crippen LogP contribution in [0.4, 0.5) is 17.6 Å². The highest BCUT2D eigenvalue weighted by Gasteiger charge is 2.44. The van der Waals surface area contributed by atoms with Crippen LogP contribution in [0.2, 0.25) is 0 Å². The van der Waals surface area contributed by atoms with E-state index in [0.29, 0.717) is 44.2 Å². The topological polar surface area (TPSA) is 143 Å². The number of likely N-dealkylation sites (tertiary alicyclic amines) is 1. The van der Waals surface area contributed by atoms with Gasteiger partial charge in [0.1, 0.15) is 18.1 Å². The molecule has 1 aliphatic heterocycles. The van der Waals surface area contributed by atoms with Gasteiger partial charge in [-0.25, -0.2) is 9.18 Å². The molecule has 5 rings (SSSR count). The summed E-state index contributed by atoms with van der Waals surface area (Å²) in [5, 5.41) is 10.0. The number of hydrogen-bond acceptors (Lipinski definition) is 6. The zero-order valence-corrected chi connectivity index (χ0v) is 25.3. The summed E-state index contributed by atoms with van der Waals surface area (Å²) in [6.07, 6.45) is -2.17. The standard InChI is InChI=1S/C31H36FN3O5.C2HF3O/c1-40-23-9-7-19(8-10-23)24-12-13-35(30(37)21-5-3-20(4-6-21)25(33)17-32)29(24)28(36)15-18-2-11-26-22(14-18)16-27(34-26)31(38)39;3-2(4,5)1-6/h2,7-11,14,16,20-21,24-25,29,34H,3-6,12-13,15,17,33H2,1H3,(H,38,39);1H/t20?,21?,24-,25-,29+;/m1./s1. The van der Waals surface area contributed by atoms with Gasteiger partial charge < -0.3 is 25.5 Å². The van der Waals surface area contributed by atoms with Crippen molar-refractivity contribution in [3.05, 3.63) is 65.4 Å². The van der Waals surface area contributed by atoms with Crippen molar-refractivity contribution < 1.29 is 46.6 Å². The number of ether oxygens (including phenoxy) is 1. The number of H-pyrrole nitrogens is 1. The Bertz CT molecular complexity index is 1530. The lowest BCUT2D eigenvalue weighted by molar-refractivity contribution is -0.156. The number of amides is 1. The SMILES string of the molecule is COc1ccc([C@H]2CCN(C(=O)C3CCC([C@H](N)CF)CC3)[C@@H]2C(=O)Cc2ccc3[nH]c(C(=O)O)cc3c2)cc1.O=CC(F)(F)F. The lowest BCUT2D eigenvalue weighted by Gasteiger charge is -2.35. The number of benzene rings is 2. The summed E-state index contributed by atoms with van der Waals surface area (Å²) in [6, 6.07) is 13.6. The summed E-state index contributed by atoms with van der Waals surface area (Å²) >= 11 is 0. The van der Waals surface area contributed by atoms with E-state index in [1.165, 1.54) is 0 Å². The van der Waals surface area contributed by atoms with Crippen LogP contribution < -0.4 is 10.5 Å². The number of carboxylic acid groups (broad SMARTS) is 1. The molecule has 9 nitrogen and oxygen atoms in total. The highest BCUT2D eigenvalue weighted by atomic mass is 19.4. The number of aromatic nitrogens is 1. The maximum atomic E-state index is 14.0. The number of hydrogen-bond donors (Lipinski definition) is 3. The summed E-state index contributed by atoms with van der Waals surface area (Å²) in [4.78, 5) is 52.5. The quantitative estimate of drug-likeness (QED) is 0.214. The van der Waals surface area contributed by atoms with E-state index in [0.717, 1.165) is 22.3 Å². The zero-order chi connectivity index (χ0) is 33.6. The molecule has 0 unspecified atom stereocenters. The van der Waals surface area contributed by atoms with Gasteiger partial charge in [0.2, 0.25) is 12.2 Å². The largest absolute Gasteiger partial charge is 0.497 e. The Labute approximate surface area is 263 Å². The Morgan fingerprint density at radius 1 is 1.07 bits per heavy atom. The second kappa shape index (κ2) is 14.9. The fourth-order valence-electron chi connectivity index (χ4n) is 6.51. The van der Waals surface area contributed by atoms with Crippen LogP contribution in [0.15, 0.2) is 48.5 Å². The molecule has 3 atom stereocenters. The van der Waals surface area contributed by atoms with Gasteiger partial charge in [0.25, 0.3) is 0 Å². The molecule has 1 aliphatic carbocycles. The average Bonchev–Trinajstić information content (AvgIpc) is 3.69. The summed E-state index contributed by atoms with van der Waals surface area (Å²) in [6.45, 7) is -0.0592. The maximum absolute atomic E-state index is 14.0. The summed E-state index contributed by atoms with van der Waals surface area (Å²) < 4.78 is 49.6. The molecule has 2 aromatic carbocycles. The molecule has 2 aliphatic rings. The molecule has 0 bridgehead atoms. The number of aromatic amines is 1. The predicted molar refractivity (Wildman–Crippen MR) is 161 cm³/mol. The number of fused-ring (bicyclic) bond motifs is 1. The third-order valence-corrected chi connectivity index (χ3v) is 8.89. The van der Waals surface area contributed by atoms with Gasteiger partial charge >= 0.3 is 12.1 Å². The Hall–Kier alpha value is -4.26. The number of aldehydes is 1. The fourth-order valence-corrected chi connectivity index (χ4v) is 6.51. The van der Waals surface area contributed by atoms with Crippen molar-refractivity contribution in [1.29, 1.82) is 0 Å². The minimum Gasteiger partial charge on any atom is -0.497 e. The minimum absolute atomic E-state index is 0.00572. The van der Waals surface area contributed by atoms with Crippen LogP contribution >= 0.6 is 0 Å². The van der Waals surface area contributed by atoms with Gasteiger partial charge in [-0.05, 0) is 79.5 Å². The van der Waals surface area contributed by atoms with Gasteiger partial charge in [-0.1, -0.05) is 18.2 Å². The number of nitrogens with one attached hydrogen (secondary N) is 1. The van der Waals surface area contributed by atoms with E-state index in [-0.39, 0.29) is 41.6 Å². The number of alkyl halides is 4. The first-order chi connectivity index (χ1) is 21.8. The molecule has 46 heavy (non-hydrogen) atoms. The Kier molecular flexibility index (Phi) is 11.2. The number of carbonyl (C=O) groups excluding carboxylic acids is 3. The van der Waals surface area contributed by atoms with Crippen molar-refractivity contribution in [3.63, 3.8) is 0 Å². The first kappa shape index (κ1) is 34.6. The van der Waals surface area contributed by atoms with Gasteiger partial charge in [0.05, 0.1) is 13.2 Å². The van der Waals surface area contributed by atoms with Crippen LogP contribution in [0.1, 0.15) is 59.6 Å². The van der Waals surface area contributed by atoms with E-state index in [9.17, 15) is 37.1 Å². The van der Waals surface area contributed by atoms with Crippen molar-refractivity contribution in [2.24, 2.45) is 17.6 Å². The number of nitrogens with two attached hydrogens (primary N) is 1. The molecule has 3 aromatic rings. The molecule has 2 fully saturated rings. The number of carboxylic acids is 1. The third kappa shape index (κ3) is 8.31. The smallest absolute Gasteiger partial charge is 0.446 e. The third-order valence-electron chi connectivity index (χ3n) is 8.89. The fraction of sp³-hybridized carbons (Fsp3) is 0.455. The van der Waals surface area contributed by atoms with Crippen molar-refractivity contribution in [2.75, 3.05) is 20.3 Å². The molecule has 4 N–H and O–H groups in total. The summed E-state index contributed by atoms with van der Waals surface area (Å²) in [7, 11) is 1.60. The number of carbonyl (C=O) groups is 4. The van der Waals surface area contributed by atoms with Crippen LogP contribution in [0.5, 0.6) is 5.75 Å². The second-order valence-corrected chi connectivity index (χ2v) is 11.8. The van der Waals surface area contributed by atoms with Crippen LogP contribution in [-0.4, -0.2) is 77.5 Å². The molecule has 13 heteroatoms. The normalized spacial score (nSPS) is 22.1. The number of nitrogens with zero attached hydrogens (tertiary/aromatic N) is 1. The van der Waals surface area contributed by atoms with Crippen LogP contribution in [0.3, 0.4) is 0 Å². The molecule has 2 heterocycles. The Balaban J connectivity index is 0.000000731. The minimum atomic E-state index is -4.64. The second-order valence-electron chi connectivity index (χ2n) is 11.8. The average molecular weight is 648 g/mol. The first-order valence-corrected chi connectivity index (χ1v) is 15.0. The van der Waals surface area contributed by atoms with Gasteiger partial charge in [-0.15, -0.1) is 0 Å². The molecular formula is C33H37F4N3O6. The van der Waals surface area contributed by atoms with Crippen molar-refractivity contribution in [1.82, 2.24) is 9.88 Å². The number of aromatic carboxylic acids is 1. The van der Waals surface area contributed by atoms with E-state index >= 15 is 0 Å². The van der Waals surface area contributed by atoms with Crippen molar-refractivity contribution in [3.8, 4) is 5.75 Å². The summed E-state index contributed by atoms with van der Waals surface area (Å²) in [5.74, 6) is -0.630. The van der Waals surface area contributed by atoms with Crippen LogP contribution in [0, 0.1) is 11.8 Å². The number of ketones is 1. The first-order valence-electron chi connectivity index (χ1n) is 15.0. The van der Waals surface area contributed by atoms with E-state index < -0.39 is 37.2 Å². The lowest BCUT2D eigenvalue weighted by atomic mass is 9.78. The van der Waals surface area contributed by atoms with Gasteiger partial charge in [0.15, 0.2) is 5.78 Å². The number of rotatable bonds is 9. The van der Waals surface area contributed by atoms with Crippen molar-refractivity contribution >= 4 is 34.8 Å². The molecule has 248 valence electrons. The molecular weight excluding hydrogens is 610 g/mol. The van der Waals surface area contributed by atoms with E-state index in [4.69, 9.17) is 15.3 Å². The predicted octanol–water partition coefficient (Wildman–Crippen LogP) is 5.22. The maximum Gasteiger partial charge on any atom is 0.446 e. The van der Waals surface area contributed by atoms with Gasteiger partial charge in [-0.3, -0.25) is 14.4 Å². The molecule has 1 saturated heterocycles. The zero-order valence-electron chi connectivity index (χ0n) is 25.3. The van der Waals surface area contributed by atoms with Gasteiger partial charge in [-0.2, -0.15) is 13.2 Å². The van der Waals surface area contributed by atoms with E-state index in [1.807, 2.05) is 36.4 Å². The Morgan fingerprint density at radius 3 is 2.28 bits per heavy atom. The van der Waals surface area contributed by atoms with Crippen LogP contribution in [0.25, 0.3) is 10.9 Å². The van der Waals surface area contributed by atoms with Crippen LogP contribution in [-0.2, 0) is 20.8 Å². The Morgan fingerprint density at radius 2 is 1.72 bits per heavy atom. The van der Waals surface area contributed by atoms with E-state index in [2.05, 4.69) is 4.98 Å². The summed E-state index contributed by atoms with van der Waals surface area (Å²) in [5.41, 5.74) is 8.45. The highest BCUT2D eigenvalue weighted by molar-refractivity contribution is 5.95. The highest BCUT2D eigenvalue weighted by Crippen LogP contribution is 2.39. The molecule has 1 saturated carbocycles. The monoisotopic (exact) mass is 647 g/mol. The molecule has 0 spiro atoms.